The summed E-state index contributed by atoms with van der Waals surface area (Å²) in [4.78, 5) is 17.7. The lowest BCUT2D eigenvalue weighted by Gasteiger charge is -2.19. The molecule has 0 saturated carbocycles. The van der Waals surface area contributed by atoms with Crippen molar-refractivity contribution < 1.29 is 9.90 Å². The van der Waals surface area contributed by atoms with Crippen LogP contribution in [0.4, 0.5) is 0 Å². The second-order valence-corrected chi connectivity index (χ2v) is 5.50. The van der Waals surface area contributed by atoms with E-state index in [1.807, 2.05) is 0 Å². The second-order valence-electron chi connectivity index (χ2n) is 4.44. The summed E-state index contributed by atoms with van der Waals surface area (Å²) in [6, 6.07) is 0.559. The van der Waals surface area contributed by atoms with E-state index in [0.29, 0.717) is 16.8 Å². The molecule has 0 radical (unpaired) electrons. The van der Waals surface area contributed by atoms with Crippen molar-refractivity contribution in [1.29, 1.82) is 0 Å². The average molecular weight is 240 g/mol. The quantitative estimate of drug-likeness (QED) is 0.878. The molecule has 0 spiro atoms. The van der Waals surface area contributed by atoms with Crippen LogP contribution in [0, 0.1) is 0 Å². The topological polar surface area (TPSA) is 53.4 Å². The van der Waals surface area contributed by atoms with Crippen LogP contribution in [0.15, 0.2) is 6.20 Å². The van der Waals surface area contributed by atoms with Gasteiger partial charge in [0.1, 0.15) is 4.88 Å². The highest BCUT2D eigenvalue weighted by atomic mass is 32.1. The molecule has 0 aliphatic carbocycles. The van der Waals surface area contributed by atoms with Crippen molar-refractivity contribution >= 4 is 17.3 Å². The Morgan fingerprint density at radius 1 is 1.69 bits per heavy atom. The number of hydrogen-bond donors (Lipinski definition) is 1. The van der Waals surface area contributed by atoms with Gasteiger partial charge in [0.05, 0.1) is 11.2 Å². The third-order valence-corrected chi connectivity index (χ3v) is 4.18. The molecular formula is C11H16N2O2S. The van der Waals surface area contributed by atoms with Gasteiger partial charge in [-0.05, 0) is 26.8 Å². The summed E-state index contributed by atoms with van der Waals surface area (Å²) < 4.78 is 0. The van der Waals surface area contributed by atoms with Crippen LogP contribution in [0.5, 0.6) is 0 Å². The molecule has 2 rings (SSSR count). The fraction of sp³-hybridized carbons (Fsp3) is 0.636. The van der Waals surface area contributed by atoms with Crippen molar-refractivity contribution in [2.24, 2.45) is 0 Å². The van der Waals surface area contributed by atoms with E-state index in [1.54, 1.807) is 0 Å². The van der Waals surface area contributed by atoms with Gasteiger partial charge in [0.25, 0.3) is 0 Å². The number of thiazole rings is 1. The molecule has 1 fully saturated rings. The van der Waals surface area contributed by atoms with Crippen molar-refractivity contribution in [3.8, 4) is 0 Å². The van der Waals surface area contributed by atoms with Crippen LogP contribution in [-0.2, 0) is 0 Å². The van der Waals surface area contributed by atoms with E-state index in [-0.39, 0.29) is 0 Å². The Hall–Kier alpha value is -0.940. The molecule has 1 unspecified atom stereocenters. The van der Waals surface area contributed by atoms with Gasteiger partial charge in [-0.3, -0.25) is 0 Å². The number of likely N-dealkylation sites (tertiary alicyclic amines) is 1. The van der Waals surface area contributed by atoms with Gasteiger partial charge in [-0.2, -0.15) is 0 Å². The van der Waals surface area contributed by atoms with Crippen LogP contribution in [0.1, 0.15) is 40.9 Å². The summed E-state index contributed by atoms with van der Waals surface area (Å²) in [5, 5.41) is 9.81. The largest absolute Gasteiger partial charge is 0.477 e. The zero-order valence-corrected chi connectivity index (χ0v) is 10.3. The van der Waals surface area contributed by atoms with Gasteiger partial charge in [0, 0.05) is 18.5 Å². The molecule has 2 heterocycles. The van der Waals surface area contributed by atoms with Crippen molar-refractivity contribution in [3.05, 3.63) is 16.1 Å². The van der Waals surface area contributed by atoms with Crippen LogP contribution >= 0.6 is 11.3 Å². The smallest absolute Gasteiger partial charge is 0.347 e. The zero-order valence-electron chi connectivity index (χ0n) is 9.51. The van der Waals surface area contributed by atoms with Gasteiger partial charge in [0.15, 0.2) is 0 Å². The molecule has 1 aromatic heterocycles. The normalized spacial score (nSPS) is 21.8. The van der Waals surface area contributed by atoms with Gasteiger partial charge in [-0.1, -0.05) is 0 Å². The van der Waals surface area contributed by atoms with E-state index in [9.17, 15) is 4.79 Å². The number of rotatable bonds is 3. The predicted molar refractivity (Wildman–Crippen MR) is 63.1 cm³/mol. The summed E-state index contributed by atoms with van der Waals surface area (Å²) in [6.45, 7) is 6.47. The zero-order chi connectivity index (χ0) is 11.7. The highest BCUT2D eigenvalue weighted by molar-refractivity contribution is 7.13. The summed E-state index contributed by atoms with van der Waals surface area (Å²) in [6.07, 6.45) is 2.56. The van der Waals surface area contributed by atoms with Crippen molar-refractivity contribution in [1.82, 2.24) is 9.88 Å². The SMILES string of the molecule is CC(C)N1CCC(c2ncc(C(=O)O)s2)C1. The van der Waals surface area contributed by atoms with Gasteiger partial charge in [-0.15, -0.1) is 11.3 Å². The number of nitrogens with zero attached hydrogens (tertiary/aromatic N) is 2. The Balaban J connectivity index is 2.06. The minimum atomic E-state index is -0.873. The van der Waals surface area contributed by atoms with Crippen molar-refractivity contribution in [2.45, 2.75) is 32.2 Å². The maximum absolute atomic E-state index is 10.8. The molecule has 5 heteroatoms. The molecule has 1 saturated heterocycles. The first-order valence-electron chi connectivity index (χ1n) is 5.51. The van der Waals surface area contributed by atoms with E-state index in [0.717, 1.165) is 24.5 Å². The molecule has 1 aliphatic heterocycles. The Morgan fingerprint density at radius 3 is 2.94 bits per heavy atom. The first kappa shape index (κ1) is 11.5. The highest BCUT2D eigenvalue weighted by Crippen LogP contribution is 2.31. The molecule has 1 atom stereocenters. The first-order chi connectivity index (χ1) is 7.58. The highest BCUT2D eigenvalue weighted by Gasteiger charge is 2.27. The fourth-order valence-corrected chi connectivity index (χ4v) is 2.92. The van der Waals surface area contributed by atoms with Crippen molar-refractivity contribution in [3.63, 3.8) is 0 Å². The second kappa shape index (κ2) is 4.51. The Labute approximate surface area is 98.9 Å². The van der Waals surface area contributed by atoms with E-state index in [2.05, 4.69) is 23.7 Å². The maximum atomic E-state index is 10.8. The minimum Gasteiger partial charge on any atom is -0.477 e. The van der Waals surface area contributed by atoms with Crippen LogP contribution in [-0.4, -0.2) is 40.1 Å². The molecule has 1 aromatic rings. The molecule has 16 heavy (non-hydrogen) atoms. The Kier molecular flexibility index (Phi) is 3.25. The summed E-state index contributed by atoms with van der Waals surface area (Å²) in [5.74, 6) is -0.456. The van der Waals surface area contributed by atoms with Crippen molar-refractivity contribution in [2.75, 3.05) is 13.1 Å². The molecule has 1 N–H and O–H groups in total. The van der Waals surface area contributed by atoms with E-state index in [1.165, 1.54) is 17.5 Å². The van der Waals surface area contributed by atoms with Gasteiger partial charge in [-0.25, -0.2) is 9.78 Å². The Bertz CT molecular complexity index is 389. The number of hydrogen-bond acceptors (Lipinski definition) is 4. The third-order valence-electron chi connectivity index (χ3n) is 3.03. The lowest BCUT2D eigenvalue weighted by molar-refractivity contribution is 0.0702. The molecule has 0 bridgehead atoms. The van der Waals surface area contributed by atoms with Crippen LogP contribution in [0.2, 0.25) is 0 Å². The summed E-state index contributed by atoms with van der Waals surface area (Å²) in [5.41, 5.74) is 0. The fourth-order valence-electron chi connectivity index (χ4n) is 2.03. The minimum absolute atomic E-state index is 0.345. The summed E-state index contributed by atoms with van der Waals surface area (Å²) in [7, 11) is 0. The van der Waals surface area contributed by atoms with E-state index in [4.69, 9.17) is 5.11 Å². The van der Waals surface area contributed by atoms with Gasteiger partial charge >= 0.3 is 5.97 Å². The Morgan fingerprint density at radius 2 is 2.44 bits per heavy atom. The summed E-state index contributed by atoms with van der Waals surface area (Å²) >= 11 is 1.31. The van der Waals surface area contributed by atoms with Crippen LogP contribution < -0.4 is 0 Å². The molecule has 1 aliphatic rings. The van der Waals surface area contributed by atoms with Gasteiger partial charge in [0.2, 0.25) is 0 Å². The number of carbonyl (C=O) groups is 1. The molecule has 88 valence electrons. The lowest BCUT2D eigenvalue weighted by atomic mass is 10.1. The van der Waals surface area contributed by atoms with Crippen LogP contribution in [0.25, 0.3) is 0 Å². The molecule has 0 amide bonds. The third kappa shape index (κ3) is 2.25. The van der Waals surface area contributed by atoms with E-state index >= 15 is 0 Å². The number of carboxylic acid groups (broad SMARTS) is 1. The standard InChI is InChI=1S/C11H16N2O2S/c1-7(2)13-4-3-8(6-13)10-12-5-9(16-10)11(14)15/h5,7-8H,3-4,6H2,1-2H3,(H,14,15). The first-order valence-corrected chi connectivity index (χ1v) is 6.32. The lowest BCUT2D eigenvalue weighted by Crippen LogP contribution is -2.27. The molecule has 0 aromatic carbocycles. The predicted octanol–water partition coefficient (Wildman–Crippen LogP) is 2.04. The van der Waals surface area contributed by atoms with E-state index < -0.39 is 5.97 Å². The average Bonchev–Trinajstić information content (AvgIpc) is 2.86. The number of aromatic nitrogens is 1. The maximum Gasteiger partial charge on any atom is 0.347 e. The number of carboxylic acids is 1. The van der Waals surface area contributed by atoms with Crippen LogP contribution in [0.3, 0.4) is 0 Å². The number of aromatic carboxylic acids is 1. The van der Waals surface area contributed by atoms with Gasteiger partial charge < -0.3 is 10.0 Å². The molecular weight excluding hydrogens is 224 g/mol. The molecule has 4 nitrogen and oxygen atoms in total. The monoisotopic (exact) mass is 240 g/mol.